The zero-order chi connectivity index (χ0) is 11.0. The second kappa shape index (κ2) is 3.60. The summed E-state index contributed by atoms with van der Waals surface area (Å²) in [5.41, 5.74) is -0.587. The van der Waals surface area contributed by atoms with Crippen LogP contribution in [-0.4, -0.2) is 10.2 Å². The summed E-state index contributed by atoms with van der Waals surface area (Å²) in [6, 6.07) is 4.64. The molecule has 0 aliphatic heterocycles. The molecule has 1 aromatic heterocycles. The molecule has 0 aliphatic rings. The van der Waals surface area contributed by atoms with Crippen LogP contribution < -0.4 is 15.1 Å². The first-order valence-electron chi connectivity index (χ1n) is 3.96. The zero-order valence-corrected chi connectivity index (χ0v) is 8.76. The van der Waals surface area contributed by atoms with Crippen LogP contribution in [0.4, 0.5) is 5.69 Å². The number of anilines is 1. The van der Waals surface area contributed by atoms with Crippen molar-refractivity contribution in [1.82, 2.24) is 10.2 Å². The van der Waals surface area contributed by atoms with E-state index in [0.717, 1.165) is 3.94 Å². The Morgan fingerprint density at radius 1 is 1.07 bits per heavy atom. The molecule has 0 saturated heterocycles. The van der Waals surface area contributed by atoms with E-state index in [0.29, 0.717) is 0 Å². The Labute approximate surface area is 93.4 Å². The summed E-state index contributed by atoms with van der Waals surface area (Å²) < 4.78 is 0.747. The van der Waals surface area contributed by atoms with Crippen LogP contribution in [0.15, 0.2) is 27.8 Å². The van der Waals surface area contributed by atoms with E-state index in [4.69, 9.17) is 23.6 Å². The molecule has 0 saturated carbocycles. The minimum absolute atomic E-state index is 0.159. The molecule has 0 unspecified atom stereocenters. The van der Waals surface area contributed by atoms with Gasteiger partial charge in [-0.2, -0.15) is 3.94 Å². The van der Waals surface area contributed by atoms with E-state index in [1.165, 1.54) is 12.1 Å². The van der Waals surface area contributed by atoms with E-state index in [2.05, 4.69) is 10.2 Å². The molecule has 0 aliphatic carbocycles. The van der Waals surface area contributed by atoms with Gasteiger partial charge < -0.3 is 0 Å². The normalized spacial score (nSPS) is 10.5. The zero-order valence-electron chi connectivity index (χ0n) is 7.25. The number of nitrogens with zero attached hydrogens (tertiary/aromatic N) is 1. The summed E-state index contributed by atoms with van der Waals surface area (Å²) in [5, 5.41) is 4.81. The number of rotatable bonds is 1. The number of hydrogen-bond acceptors (Lipinski definition) is 3. The second-order valence-corrected chi connectivity index (χ2v) is 3.69. The molecule has 7 heteroatoms. The van der Waals surface area contributed by atoms with Gasteiger partial charge in [0.05, 0.1) is 16.5 Å². The van der Waals surface area contributed by atoms with Gasteiger partial charge in [-0.15, -0.1) is 0 Å². The summed E-state index contributed by atoms with van der Waals surface area (Å²) in [5.74, 6) is 0. The molecule has 0 atom stereocenters. The van der Waals surface area contributed by atoms with E-state index in [1.54, 1.807) is 6.07 Å². The van der Waals surface area contributed by atoms with Crippen LogP contribution in [0.3, 0.4) is 0 Å². The summed E-state index contributed by atoms with van der Waals surface area (Å²) in [6.45, 7) is 0. The molecule has 0 fully saturated rings. The van der Waals surface area contributed by atoms with E-state index in [-0.39, 0.29) is 16.5 Å². The van der Waals surface area contributed by atoms with Crippen LogP contribution in [-0.2, 0) is 0 Å². The first-order chi connectivity index (χ1) is 7.11. The highest BCUT2D eigenvalue weighted by molar-refractivity contribution is 6.50. The van der Waals surface area contributed by atoms with Crippen molar-refractivity contribution in [2.45, 2.75) is 0 Å². The second-order valence-electron chi connectivity index (χ2n) is 2.84. The Morgan fingerprint density at radius 3 is 2.40 bits per heavy atom. The van der Waals surface area contributed by atoms with Crippen molar-refractivity contribution in [1.29, 1.82) is 0 Å². The van der Waals surface area contributed by atoms with Gasteiger partial charge in [0.15, 0.2) is 0 Å². The SMILES string of the molecule is O=c1[nH][nH]c(=O)c2c(N(Cl)Cl)cccc12. The van der Waals surface area contributed by atoms with Crippen LogP contribution in [0.5, 0.6) is 0 Å². The van der Waals surface area contributed by atoms with Crippen molar-refractivity contribution < 1.29 is 0 Å². The lowest BCUT2D eigenvalue weighted by atomic mass is 10.1. The first-order valence-corrected chi connectivity index (χ1v) is 4.64. The maximum atomic E-state index is 11.5. The number of aromatic amines is 2. The van der Waals surface area contributed by atoms with Crippen LogP contribution in [0.25, 0.3) is 10.8 Å². The molecule has 2 N–H and O–H groups in total. The van der Waals surface area contributed by atoms with E-state index in [1.807, 2.05) is 0 Å². The number of nitrogens with one attached hydrogen (secondary N) is 2. The fourth-order valence-corrected chi connectivity index (χ4v) is 1.63. The van der Waals surface area contributed by atoms with Crippen LogP contribution in [0, 0.1) is 0 Å². The van der Waals surface area contributed by atoms with Gasteiger partial charge >= 0.3 is 0 Å². The average molecular weight is 246 g/mol. The predicted octanol–water partition coefficient (Wildman–Crippen LogP) is 1.33. The Morgan fingerprint density at radius 2 is 1.73 bits per heavy atom. The Hall–Kier alpha value is -1.46. The predicted molar refractivity (Wildman–Crippen MR) is 59.4 cm³/mol. The third kappa shape index (κ3) is 1.60. The highest BCUT2D eigenvalue weighted by Crippen LogP contribution is 2.24. The van der Waals surface area contributed by atoms with Gasteiger partial charge in [0.25, 0.3) is 11.1 Å². The molecule has 0 spiro atoms. The molecule has 0 radical (unpaired) electrons. The monoisotopic (exact) mass is 245 g/mol. The molecule has 2 aromatic rings. The van der Waals surface area contributed by atoms with Crippen molar-refractivity contribution in [3.05, 3.63) is 38.9 Å². The molecule has 1 aromatic carbocycles. The van der Waals surface area contributed by atoms with Crippen molar-refractivity contribution in [2.24, 2.45) is 0 Å². The summed E-state index contributed by atoms with van der Waals surface area (Å²) in [6.07, 6.45) is 0. The maximum Gasteiger partial charge on any atom is 0.272 e. The van der Waals surface area contributed by atoms with Crippen LogP contribution in [0.2, 0.25) is 0 Å². The minimum atomic E-state index is -0.452. The van der Waals surface area contributed by atoms with Gasteiger partial charge in [0, 0.05) is 23.6 Å². The van der Waals surface area contributed by atoms with Crippen LogP contribution >= 0.6 is 23.6 Å². The molecule has 15 heavy (non-hydrogen) atoms. The first kappa shape index (κ1) is 10.1. The summed E-state index contributed by atoms with van der Waals surface area (Å²) >= 11 is 11.1. The molecule has 5 nitrogen and oxygen atoms in total. The summed E-state index contributed by atoms with van der Waals surface area (Å²) in [4.78, 5) is 22.9. The number of halogens is 2. The Bertz CT molecular complexity index is 617. The maximum absolute atomic E-state index is 11.5. The van der Waals surface area contributed by atoms with Gasteiger partial charge in [-0.25, -0.2) is 0 Å². The Kier molecular flexibility index (Phi) is 2.42. The molecular weight excluding hydrogens is 241 g/mol. The quantitative estimate of drug-likeness (QED) is 0.746. The number of H-pyrrole nitrogens is 2. The van der Waals surface area contributed by atoms with E-state index < -0.39 is 11.1 Å². The molecule has 78 valence electrons. The van der Waals surface area contributed by atoms with Crippen molar-refractivity contribution >= 4 is 40.0 Å². The lowest BCUT2D eigenvalue weighted by molar-refractivity contribution is 0.976. The molecule has 0 amide bonds. The fourth-order valence-electron chi connectivity index (χ4n) is 1.35. The topological polar surface area (TPSA) is 69.0 Å². The lowest BCUT2D eigenvalue weighted by Crippen LogP contribution is -2.20. The third-order valence-electron chi connectivity index (χ3n) is 1.99. The highest BCUT2D eigenvalue weighted by Gasteiger charge is 2.11. The molecule has 1 heterocycles. The minimum Gasteiger partial charge on any atom is -0.267 e. The van der Waals surface area contributed by atoms with Gasteiger partial charge in [0.1, 0.15) is 0 Å². The number of fused-ring (bicyclic) bond motifs is 1. The summed E-state index contributed by atoms with van der Waals surface area (Å²) in [7, 11) is 0. The number of benzene rings is 1. The van der Waals surface area contributed by atoms with Crippen LogP contribution in [0.1, 0.15) is 0 Å². The molecular formula is C8H5Cl2N3O2. The van der Waals surface area contributed by atoms with E-state index >= 15 is 0 Å². The smallest absolute Gasteiger partial charge is 0.267 e. The van der Waals surface area contributed by atoms with Crippen molar-refractivity contribution in [3.63, 3.8) is 0 Å². The Balaban J connectivity index is 3.03. The lowest BCUT2D eigenvalue weighted by Gasteiger charge is -2.07. The van der Waals surface area contributed by atoms with E-state index in [9.17, 15) is 9.59 Å². The molecule has 2 rings (SSSR count). The average Bonchev–Trinajstić information content (AvgIpc) is 2.23. The van der Waals surface area contributed by atoms with Crippen molar-refractivity contribution in [3.8, 4) is 0 Å². The molecule has 0 bridgehead atoms. The highest BCUT2D eigenvalue weighted by atomic mass is 35.5. The largest absolute Gasteiger partial charge is 0.272 e. The van der Waals surface area contributed by atoms with Gasteiger partial charge in [-0.1, -0.05) is 6.07 Å². The number of hydrogen-bond donors (Lipinski definition) is 2. The third-order valence-corrected chi connectivity index (χ3v) is 2.35. The van der Waals surface area contributed by atoms with Crippen molar-refractivity contribution in [2.75, 3.05) is 3.94 Å². The fraction of sp³-hybridized carbons (Fsp3) is 0. The standard InChI is InChI=1S/C8H5Cl2N3O2/c9-13(10)5-3-1-2-4-6(5)8(15)12-11-7(4)14/h1-3H,(H,11,14)(H,12,15). The van der Waals surface area contributed by atoms with Gasteiger partial charge in [-0.3, -0.25) is 19.8 Å². The number of aromatic nitrogens is 2. The van der Waals surface area contributed by atoms with Gasteiger partial charge in [-0.05, 0) is 12.1 Å². The van der Waals surface area contributed by atoms with Gasteiger partial charge in [0.2, 0.25) is 0 Å².